The molecule has 2 rings (SSSR count). The van der Waals surface area contributed by atoms with E-state index in [0.717, 1.165) is 18.0 Å². The van der Waals surface area contributed by atoms with Crippen molar-refractivity contribution in [2.75, 3.05) is 12.3 Å². The largest absolute Gasteiger partial charge is 0.391 e. The van der Waals surface area contributed by atoms with Crippen molar-refractivity contribution in [3.05, 3.63) is 16.5 Å². The summed E-state index contributed by atoms with van der Waals surface area (Å²) in [6.45, 7) is 3.28. The number of anilines is 1. The van der Waals surface area contributed by atoms with Crippen molar-refractivity contribution in [1.82, 2.24) is 5.32 Å². The molecule has 0 saturated carbocycles. The fourth-order valence-corrected chi connectivity index (χ4v) is 2.55. The van der Waals surface area contributed by atoms with E-state index in [1.165, 1.54) is 10.4 Å². The van der Waals surface area contributed by atoms with E-state index >= 15 is 0 Å². The molecule has 1 unspecified atom stereocenters. The first kappa shape index (κ1) is 7.13. The summed E-state index contributed by atoms with van der Waals surface area (Å²) in [6, 6.07) is 2.61. The van der Waals surface area contributed by atoms with Crippen molar-refractivity contribution in [3.63, 3.8) is 0 Å². The van der Waals surface area contributed by atoms with E-state index < -0.39 is 0 Å². The van der Waals surface area contributed by atoms with Crippen LogP contribution in [0.1, 0.15) is 23.4 Å². The van der Waals surface area contributed by atoms with E-state index in [0.29, 0.717) is 6.04 Å². The van der Waals surface area contributed by atoms with Gasteiger partial charge in [0.05, 0.1) is 5.00 Å². The molecule has 0 aliphatic carbocycles. The summed E-state index contributed by atoms with van der Waals surface area (Å²) in [4.78, 5) is 1.42. The van der Waals surface area contributed by atoms with E-state index in [9.17, 15) is 0 Å². The summed E-state index contributed by atoms with van der Waals surface area (Å²) < 4.78 is 0. The van der Waals surface area contributed by atoms with Gasteiger partial charge in [0.25, 0.3) is 0 Å². The Balaban J connectivity index is 2.43. The fourth-order valence-electron chi connectivity index (χ4n) is 1.54. The Hall–Kier alpha value is -0.540. The molecule has 0 saturated heterocycles. The summed E-state index contributed by atoms with van der Waals surface area (Å²) in [5.74, 6) is 0. The molecular formula is C8H12N2S. The third-order valence-corrected chi connectivity index (χ3v) is 3.29. The SMILES string of the molecule is CC1NCCc2cc(N)sc21. The van der Waals surface area contributed by atoms with Gasteiger partial charge in [0.2, 0.25) is 0 Å². The van der Waals surface area contributed by atoms with Crippen LogP contribution in [0.5, 0.6) is 0 Å². The molecule has 1 aliphatic rings. The number of hydrogen-bond donors (Lipinski definition) is 2. The third kappa shape index (κ3) is 1.14. The summed E-state index contributed by atoms with van der Waals surface area (Å²) in [7, 11) is 0. The van der Waals surface area contributed by atoms with E-state index in [1.54, 1.807) is 11.3 Å². The van der Waals surface area contributed by atoms with Crippen molar-refractivity contribution in [2.24, 2.45) is 0 Å². The molecule has 0 bridgehead atoms. The van der Waals surface area contributed by atoms with Crippen LogP contribution in [0.3, 0.4) is 0 Å². The number of hydrogen-bond acceptors (Lipinski definition) is 3. The average molecular weight is 168 g/mol. The standard InChI is InChI=1S/C8H12N2S/c1-5-8-6(2-3-10-5)4-7(9)11-8/h4-5,10H,2-3,9H2,1H3. The Labute approximate surface area is 70.4 Å². The lowest BCUT2D eigenvalue weighted by atomic mass is 10.1. The van der Waals surface area contributed by atoms with Crippen LogP contribution in [0.25, 0.3) is 0 Å². The quantitative estimate of drug-likeness (QED) is 0.616. The van der Waals surface area contributed by atoms with Gasteiger partial charge in [0.15, 0.2) is 0 Å². The van der Waals surface area contributed by atoms with Gasteiger partial charge in [-0.05, 0) is 31.5 Å². The first-order chi connectivity index (χ1) is 5.27. The zero-order valence-electron chi connectivity index (χ0n) is 6.55. The molecule has 1 aromatic heterocycles. The molecule has 1 aromatic rings. The number of rotatable bonds is 0. The molecule has 0 radical (unpaired) electrons. The van der Waals surface area contributed by atoms with Gasteiger partial charge in [-0.1, -0.05) is 0 Å². The minimum atomic E-state index is 0.501. The summed E-state index contributed by atoms with van der Waals surface area (Å²) in [5.41, 5.74) is 7.15. The molecule has 3 heteroatoms. The second kappa shape index (κ2) is 2.50. The molecule has 11 heavy (non-hydrogen) atoms. The average Bonchev–Trinajstić information content (AvgIpc) is 2.31. The highest BCUT2D eigenvalue weighted by Crippen LogP contribution is 2.32. The highest BCUT2D eigenvalue weighted by atomic mass is 32.1. The minimum absolute atomic E-state index is 0.501. The van der Waals surface area contributed by atoms with E-state index in [1.807, 2.05) is 0 Å². The Kier molecular flexibility index (Phi) is 1.62. The summed E-state index contributed by atoms with van der Waals surface area (Å²) in [6.07, 6.45) is 1.13. The predicted octanol–water partition coefficient (Wildman–Crippen LogP) is 1.54. The lowest BCUT2D eigenvalue weighted by Crippen LogP contribution is -2.26. The number of nitrogens with one attached hydrogen (secondary N) is 1. The molecule has 0 fully saturated rings. The topological polar surface area (TPSA) is 38.0 Å². The monoisotopic (exact) mass is 168 g/mol. The summed E-state index contributed by atoms with van der Waals surface area (Å²) in [5, 5.41) is 4.36. The van der Waals surface area contributed by atoms with E-state index in [2.05, 4.69) is 18.3 Å². The smallest absolute Gasteiger partial charge is 0.0862 e. The zero-order valence-corrected chi connectivity index (χ0v) is 7.37. The van der Waals surface area contributed by atoms with Crippen LogP contribution in [-0.4, -0.2) is 6.54 Å². The molecule has 0 amide bonds. The Morgan fingerprint density at radius 1 is 1.73 bits per heavy atom. The molecule has 0 spiro atoms. The van der Waals surface area contributed by atoms with Gasteiger partial charge in [-0.25, -0.2) is 0 Å². The lowest BCUT2D eigenvalue weighted by molar-refractivity contribution is 0.551. The van der Waals surface area contributed by atoms with Crippen molar-refractivity contribution < 1.29 is 0 Å². The van der Waals surface area contributed by atoms with Crippen LogP contribution >= 0.6 is 11.3 Å². The molecular weight excluding hydrogens is 156 g/mol. The van der Waals surface area contributed by atoms with Gasteiger partial charge < -0.3 is 11.1 Å². The van der Waals surface area contributed by atoms with E-state index in [-0.39, 0.29) is 0 Å². The Morgan fingerprint density at radius 2 is 2.55 bits per heavy atom. The lowest BCUT2D eigenvalue weighted by Gasteiger charge is -2.19. The van der Waals surface area contributed by atoms with Gasteiger partial charge in [-0.15, -0.1) is 11.3 Å². The van der Waals surface area contributed by atoms with Gasteiger partial charge in [0.1, 0.15) is 0 Å². The Bertz CT molecular complexity index is 267. The molecule has 2 heterocycles. The highest BCUT2D eigenvalue weighted by Gasteiger charge is 2.17. The van der Waals surface area contributed by atoms with Crippen molar-refractivity contribution in [1.29, 1.82) is 0 Å². The van der Waals surface area contributed by atoms with Gasteiger partial charge in [-0.2, -0.15) is 0 Å². The van der Waals surface area contributed by atoms with Crippen molar-refractivity contribution in [3.8, 4) is 0 Å². The normalized spacial score (nSPS) is 23.2. The van der Waals surface area contributed by atoms with Gasteiger partial charge in [-0.3, -0.25) is 0 Å². The molecule has 0 aromatic carbocycles. The van der Waals surface area contributed by atoms with Crippen LogP contribution in [0, 0.1) is 0 Å². The van der Waals surface area contributed by atoms with Gasteiger partial charge in [0, 0.05) is 10.9 Å². The van der Waals surface area contributed by atoms with Crippen molar-refractivity contribution in [2.45, 2.75) is 19.4 Å². The van der Waals surface area contributed by atoms with Gasteiger partial charge >= 0.3 is 0 Å². The molecule has 3 N–H and O–H groups in total. The maximum atomic E-state index is 5.71. The first-order valence-electron chi connectivity index (χ1n) is 3.89. The van der Waals surface area contributed by atoms with Crippen LogP contribution in [-0.2, 0) is 6.42 Å². The summed E-state index contributed by atoms with van der Waals surface area (Å²) >= 11 is 1.71. The number of fused-ring (bicyclic) bond motifs is 1. The molecule has 1 aliphatic heterocycles. The number of nitrogen functional groups attached to an aromatic ring is 1. The predicted molar refractivity (Wildman–Crippen MR) is 48.9 cm³/mol. The highest BCUT2D eigenvalue weighted by molar-refractivity contribution is 7.16. The second-order valence-corrected chi connectivity index (χ2v) is 4.08. The molecule has 60 valence electrons. The molecule has 1 atom stereocenters. The maximum absolute atomic E-state index is 5.71. The zero-order chi connectivity index (χ0) is 7.84. The third-order valence-electron chi connectivity index (χ3n) is 2.10. The van der Waals surface area contributed by atoms with Crippen LogP contribution in [0.4, 0.5) is 5.00 Å². The van der Waals surface area contributed by atoms with Crippen molar-refractivity contribution >= 4 is 16.3 Å². The first-order valence-corrected chi connectivity index (χ1v) is 4.70. The molecule has 2 nitrogen and oxygen atoms in total. The minimum Gasteiger partial charge on any atom is -0.391 e. The Morgan fingerprint density at radius 3 is 3.27 bits per heavy atom. The number of nitrogens with two attached hydrogens (primary N) is 1. The maximum Gasteiger partial charge on any atom is 0.0862 e. The van der Waals surface area contributed by atoms with E-state index in [4.69, 9.17) is 5.73 Å². The second-order valence-electron chi connectivity index (χ2n) is 2.96. The van der Waals surface area contributed by atoms with Crippen LogP contribution < -0.4 is 11.1 Å². The van der Waals surface area contributed by atoms with Crippen LogP contribution in [0.2, 0.25) is 0 Å². The number of thiophene rings is 1. The van der Waals surface area contributed by atoms with Crippen LogP contribution in [0.15, 0.2) is 6.07 Å². The fraction of sp³-hybridized carbons (Fsp3) is 0.500.